The Morgan fingerprint density at radius 1 is 1.20 bits per heavy atom. The number of anilines is 1. The van der Waals surface area contributed by atoms with Gasteiger partial charge in [-0.25, -0.2) is 0 Å². The van der Waals surface area contributed by atoms with Gasteiger partial charge in [-0.2, -0.15) is 9.97 Å². The molecule has 0 unspecified atom stereocenters. The molecule has 0 radical (unpaired) electrons. The molecule has 112 valence electrons. The van der Waals surface area contributed by atoms with Gasteiger partial charge in [-0.1, -0.05) is 0 Å². The van der Waals surface area contributed by atoms with Crippen LogP contribution in [0.1, 0.15) is 19.3 Å². The van der Waals surface area contributed by atoms with E-state index < -0.39 is 0 Å². The molecule has 1 aliphatic rings. The van der Waals surface area contributed by atoms with Crippen molar-refractivity contribution in [2.24, 2.45) is 5.92 Å². The van der Waals surface area contributed by atoms with Crippen LogP contribution in [0.5, 0.6) is 11.8 Å². The van der Waals surface area contributed by atoms with E-state index in [-0.39, 0.29) is 0 Å². The van der Waals surface area contributed by atoms with Gasteiger partial charge in [-0.05, 0) is 45.3 Å². The summed E-state index contributed by atoms with van der Waals surface area (Å²) < 4.78 is 10.3. The van der Waals surface area contributed by atoms with Crippen LogP contribution in [0.15, 0.2) is 6.07 Å². The van der Waals surface area contributed by atoms with Crippen LogP contribution in [0.3, 0.4) is 0 Å². The van der Waals surface area contributed by atoms with Crippen molar-refractivity contribution in [2.45, 2.75) is 19.3 Å². The van der Waals surface area contributed by atoms with Crippen LogP contribution in [0.4, 0.5) is 5.95 Å². The van der Waals surface area contributed by atoms with Crippen LogP contribution < -0.4 is 14.8 Å². The minimum atomic E-state index is 0.513. The third kappa shape index (κ3) is 4.23. The van der Waals surface area contributed by atoms with E-state index in [0.29, 0.717) is 17.7 Å². The summed E-state index contributed by atoms with van der Waals surface area (Å²) in [6.07, 6.45) is 3.71. The molecule has 2 rings (SSSR count). The molecule has 0 atom stereocenters. The summed E-state index contributed by atoms with van der Waals surface area (Å²) in [6.45, 7) is 3.28. The van der Waals surface area contributed by atoms with Crippen LogP contribution in [-0.4, -0.2) is 55.8 Å². The topological polar surface area (TPSA) is 59.5 Å². The van der Waals surface area contributed by atoms with Gasteiger partial charge in [0, 0.05) is 6.54 Å². The highest BCUT2D eigenvalue weighted by atomic mass is 16.5. The molecule has 0 aliphatic carbocycles. The number of methoxy groups -OCH3 is 2. The Hall–Kier alpha value is -1.56. The first-order valence-corrected chi connectivity index (χ1v) is 7.10. The summed E-state index contributed by atoms with van der Waals surface area (Å²) in [4.78, 5) is 10.9. The first-order chi connectivity index (χ1) is 9.71. The molecule has 2 heterocycles. The Bertz CT molecular complexity index is 397. The van der Waals surface area contributed by atoms with Gasteiger partial charge < -0.3 is 19.7 Å². The zero-order chi connectivity index (χ0) is 14.4. The highest BCUT2D eigenvalue weighted by molar-refractivity contribution is 5.33. The van der Waals surface area contributed by atoms with E-state index in [1.165, 1.54) is 25.9 Å². The van der Waals surface area contributed by atoms with Crippen molar-refractivity contribution >= 4 is 5.95 Å². The highest BCUT2D eigenvalue weighted by Crippen LogP contribution is 2.20. The summed E-state index contributed by atoms with van der Waals surface area (Å²) in [7, 11) is 5.36. The fraction of sp³-hybridized carbons (Fsp3) is 0.714. The lowest BCUT2D eigenvalue weighted by molar-refractivity contribution is 0.215. The lowest BCUT2D eigenvalue weighted by Gasteiger charge is -2.28. The number of aromatic nitrogens is 2. The number of ether oxygens (including phenoxy) is 2. The normalized spacial score (nSPS) is 16.9. The average molecular weight is 280 g/mol. The van der Waals surface area contributed by atoms with E-state index in [2.05, 4.69) is 27.2 Å². The minimum absolute atomic E-state index is 0.513. The van der Waals surface area contributed by atoms with E-state index in [0.717, 1.165) is 18.9 Å². The number of nitrogens with one attached hydrogen (secondary N) is 1. The summed E-state index contributed by atoms with van der Waals surface area (Å²) in [5, 5.41) is 3.26. The first kappa shape index (κ1) is 14.8. The van der Waals surface area contributed by atoms with Crippen LogP contribution in [0, 0.1) is 5.92 Å². The van der Waals surface area contributed by atoms with Crippen molar-refractivity contribution in [1.82, 2.24) is 14.9 Å². The molecule has 1 aromatic rings. The maximum absolute atomic E-state index is 5.13. The molecule has 0 spiro atoms. The van der Waals surface area contributed by atoms with E-state index >= 15 is 0 Å². The zero-order valence-corrected chi connectivity index (χ0v) is 12.6. The highest BCUT2D eigenvalue weighted by Gasteiger charge is 2.16. The Morgan fingerprint density at radius 3 is 2.35 bits per heavy atom. The summed E-state index contributed by atoms with van der Waals surface area (Å²) in [5.41, 5.74) is 0. The third-order valence-electron chi connectivity index (χ3n) is 3.77. The predicted molar refractivity (Wildman–Crippen MR) is 78.5 cm³/mol. The second-order valence-electron chi connectivity index (χ2n) is 5.24. The molecule has 1 saturated heterocycles. The van der Waals surface area contributed by atoms with Crippen LogP contribution in [-0.2, 0) is 0 Å². The van der Waals surface area contributed by atoms with Gasteiger partial charge in [-0.15, -0.1) is 0 Å². The Labute approximate surface area is 120 Å². The van der Waals surface area contributed by atoms with E-state index in [4.69, 9.17) is 9.47 Å². The van der Waals surface area contributed by atoms with Gasteiger partial charge in [0.1, 0.15) is 0 Å². The first-order valence-electron chi connectivity index (χ1n) is 7.10. The number of hydrogen-bond donors (Lipinski definition) is 1. The molecule has 0 bridgehead atoms. The molecular formula is C14H24N4O2. The lowest BCUT2D eigenvalue weighted by atomic mass is 9.94. The molecule has 0 aromatic carbocycles. The van der Waals surface area contributed by atoms with Gasteiger partial charge in [-0.3, -0.25) is 0 Å². The van der Waals surface area contributed by atoms with Crippen LogP contribution >= 0.6 is 0 Å². The molecular weight excluding hydrogens is 256 g/mol. The molecule has 0 saturated carbocycles. The van der Waals surface area contributed by atoms with Gasteiger partial charge in [0.25, 0.3) is 0 Å². The quantitative estimate of drug-likeness (QED) is 0.855. The van der Waals surface area contributed by atoms with E-state index in [1.54, 1.807) is 20.3 Å². The molecule has 1 fully saturated rings. The predicted octanol–water partition coefficient (Wildman–Crippen LogP) is 1.64. The second-order valence-corrected chi connectivity index (χ2v) is 5.24. The number of rotatable bonds is 6. The smallest absolute Gasteiger partial charge is 0.229 e. The fourth-order valence-corrected chi connectivity index (χ4v) is 2.43. The maximum Gasteiger partial charge on any atom is 0.229 e. The third-order valence-corrected chi connectivity index (χ3v) is 3.77. The SMILES string of the molecule is COc1cc(OC)nc(NCCC2CCN(C)CC2)n1. The molecule has 1 N–H and O–H groups in total. The van der Waals surface area contributed by atoms with Crippen molar-refractivity contribution < 1.29 is 9.47 Å². The van der Waals surface area contributed by atoms with Gasteiger partial charge >= 0.3 is 0 Å². The van der Waals surface area contributed by atoms with E-state index in [1.807, 2.05) is 0 Å². The monoisotopic (exact) mass is 280 g/mol. The summed E-state index contributed by atoms with van der Waals surface area (Å²) >= 11 is 0. The Kier molecular flexibility index (Phi) is 5.40. The Morgan fingerprint density at radius 2 is 1.80 bits per heavy atom. The number of nitrogens with zero attached hydrogens (tertiary/aromatic N) is 3. The molecule has 6 heteroatoms. The van der Waals surface area contributed by atoms with E-state index in [9.17, 15) is 0 Å². The second kappa shape index (κ2) is 7.28. The average Bonchev–Trinajstić information content (AvgIpc) is 2.49. The molecule has 6 nitrogen and oxygen atoms in total. The number of likely N-dealkylation sites (tertiary alicyclic amines) is 1. The van der Waals surface area contributed by atoms with Crippen molar-refractivity contribution in [3.8, 4) is 11.8 Å². The molecule has 1 aromatic heterocycles. The standard InChI is InChI=1S/C14H24N4O2/c1-18-8-5-11(6-9-18)4-7-15-14-16-12(19-2)10-13(17-14)20-3/h10-11H,4-9H2,1-3H3,(H,15,16,17). The lowest BCUT2D eigenvalue weighted by Crippen LogP contribution is -2.30. The van der Waals surface area contributed by atoms with Gasteiger partial charge in [0.2, 0.25) is 17.7 Å². The molecule has 1 aliphatic heterocycles. The largest absolute Gasteiger partial charge is 0.481 e. The molecule has 0 amide bonds. The van der Waals surface area contributed by atoms with Crippen molar-refractivity contribution in [3.63, 3.8) is 0 Å². The fourth-order valence-electron chi connectivity index (χ4n) is 2.43. The van der Waals surface area contributed by atoms with Crippen molar-refractivity contribution in [2.75, 3.05) is 46.2 Å². The van der Waals surface area contributed by atoms with Crippen molar-refractivity contribution in [3.05, 3.63) is 6.07 Å². The minimum Gasteiger partial charge on any atom is -0.481 e. The maximum atomic E-state index is 5.13. The van der Waals surface area contributed by atoms with Gasteiger partial charge in [0.15, 0.2) is 0 Å². The van der Waals surface area contributed by atoms with Gasteiger partial charge in [0.05, 0.1) is 20.3 Å². The summed E-state index contributed by atoms with van der Waals surface area (Å²) in [5.74, 6) is 2.39. The van der Waals surface area contributed by atoms with Crippen LogP contribution in [0.2, 0.25) is 0 Å². The zero-order valence-electron chi connectivity index (χ0n) is 12.6. The molecule has 20 heavy (non-hydrogen) atoms. The van der Waals surface area contributed by atoms with Crippen LogP contribution in [0.25, 0.3) is 0 Å². The van der Waals surface area contributed by atoms with Crippen molar-refractivity contribution in [1.29, 1.82) is 0 Å². The summed E-state index contributed by atoms with van der Waals surface area (Å²) in [6, 6.07) is 1.67. The Balaban J connectivity index is 1.81. The number of piperidine rings is 1. The number of hydrogen-bond acceptors (Lipinski definition) is 6.